The third-order valence-corrected chi connectivity index (χ3v) is 4.06. The highest BCUT2D eigenvalue weighted by Gasteiger charge is 2.30. The van der Waals surface area contributed by atoms with Crippen LogP contribution in [0.4, 0.5) is 0 Å². The minimum absolute atomic E-state index is 0.0627. The fraction of sp³-hybridized carbons (Fsp3) is 0.500. The first-order chi connectivity index (χ1) is 10.1. The van der Waals surface area contributed by atoms with Crippen LogP contribution in [-0.2, 0) is 22.5 Å². The van der Waals surface area contributed by atoms with Gasteiger partial charge in [-0.3, -0.25) is 14.4 Å². The molecule has 3 heterocycles. The molecule has 1 fully saturated rings. The van der Waals surface area contributed by atoms with Gasteiger partial charge in [0.1, 0.15) is 5.56 Å². The molecule has 2 amide bonds. The number of rotatable bonds is 2. The molecule has 112 valence electrons. The van der Waals surface area contributed by atoms with Crippen LogP contribution in [0.1, 0.15) is 28.0 Å². The number of nitrogens with zero attached hydrogens (tertiary/aromatic N) is 1. The molecule has 2 aliphatic rings. The van der Waals surface area contributed by atoms with Gasteiger partial charge in [0, 0.05) is 31.8 Å². The number of nitrogens with one attached hydrogen (secondary N) is 1. The van der Waals surface area contributed by atoms with Gasteiger partial charge in [0.2, 0.25) is 5.91 Å². The number of hydrogen-bond acceptors (Lipinski definition) is 4. The number of nitrogens with two attached hydrogens (primary N) is 1. The number of primary amides is 1. The Morgan fingerprint density at radius 3 is 2.90 bits per heavy atom. The molecule has 0 aliphatic carbocycles. The van der Waals surface area contributed by atoms with Gasteiger partial charge in [0.25, 0.3) is 11.5 Å². The highest BCUT2D eigenvalue weighted by Crippen LogP contribution is 2.21. The highest BCUT2D eigenvalue weighted by atomic mass is 16.5. The maximum atomic E-state index is 12.4. The van der Waals surface area contributed by atoms with E-state index in [9.17, 15) is 14.4 Å². The van der Waals surface area contributed by atoms with Gasteiger partial charge in [-0.15, -0.1) is 0 Å². The largest absolute Gasteiger partial charge is 0.381 e. The average molecular weight is 291 g/mol. The van der Waals surface area contributed by atoms with Crippen LogP contribution >= 0.6 is 0 Å². The number of carbonyl (C=O) groups is 2. The first kappa shape index (κ1) is 13.8. The van der Waals surface area contributed by atoms with Crippen molar-refractivity contribution < 1.29 is 14.3 Å². The second-order valence-corrected chi connectivity index (χ2v) is 5.45. The van der Waals surface area contributed by atoms with E-state index in [2.05, 4.69) is 4.98 Å². The minimum Gasteiger partial charge on any atom is -0.381 e. The van der Waals surface area contributed by atoms with E-state index in [-0.39, 0.29) is 17.4 Å². The third kappa shape index (κ3) is 2.56. The van der Waals surface area contributed by atoms with Crippen LogP contribution in [-0.4, -0.2) is 41.5 Å². The van der Waals surface area contributed by atoms with E-state index in [1.165, 1.54) is 6.07 Å². The van der Waals surface area contributed by atoms with Crippen molar-refractivity contribution in [1.82, 2.24) is 9.88 Å². The molecule has 1 atom stereocenters. The molecule has 2 aliphatic heterocycles. The van der Waals surface area contributed by atoms with Gasteiger partial charge in [-0.05, 0) is 18.1 Å². The first-order valence-electron chi connectivity index (χ1n) is 6.97. The molecule has 0 spiro atoms. The van der Waals surface area contributed by atoms with Gasteiger partial charge in [-0.1, -0.05) is 0 Å². The molecule has 0 saturated carbocycles. The molecular weight excluding hydrogens is 274 g/mol. The molecule has 1 aromatic heterocycles. The van der Waals surface area contributed by atoms with Crippen LogP contribution in [0, 0.1) is 5.92 Å². The second kappa shape index (κ2) is 5.33. The van der Waals surface area contributed by atoms with Crippen LogP contribution in [0.15, 0.2) is 10.9 Å². The van der Waals surface area contributed by atoms with E-state index in [1.807, 2.05) is 0 Å². The minimum atomic E-state index is -0.758. The molecular formula is C14H17N3O4. The number of aromatic nitrogens is 1. The van der Waals surface area contributed by atoms with Crippen molar-refractivity contribution in [2.45, 2.75) is 19.4 Å². The molecule has 0 bridgehead atoms. The monoisotopic (exact) mass is 291 g/mol. The summed E-state index contributed by atoms with van der Waals surface area (Å²) in [7, 11) is 0. The van der Waals surface area contributed by atoms with E-state index >= 15 is 0 Å². The number of amides is 2. The molecule has 1 saturated heterocycles. The summed E-state index contributed by atoms with van der Waals surface area (Å²) in [6.07, 6.45) is 1.32. The Hall–Kier alpha value is -2.15. The quantitative estimate of drug-likeness (QED) is 0.758. The lowest BCUT2D eigenvalue weighted by molar-refractivity contribution is -0.136. The molecule has 0 radical (unpaired) electrons. The third-order valence-electron chi connectivity index (χ3n) is 4.06. The Morgan fingerprint density at radius 1 is 1.43 bits per heavy atom. The normalized spacial score (nSPS) is 21.1. The van der Waals surface area contributed by atoms with Crippen LogP contribution in [0.5, 0.6) is 0 Å². The van der Waals surface area contributed by atoms with Crippen molar-refractivity contribution in [1.29, 1.82) is 0 Å². The Bertz CT molecular complexity index is 646. The summed E-state index contributed by atoms with van der Waals surface area (Å²) in [5.74, 6) is -0.762. The highest BCUT2D eigenvalue weighted by molar-refractivity contribution is 5.92. The van der Waals surface area contributed by atoms with Crippen LogP contribution in [0.25, 0.3) is 0 Å². The summed E-state index contributed by atoms with van der Waals surface area (Å²) in [6, 6.07) is 1.50. The number of hydrogen-bond donors (Lipinski definition) is 2. The van der Waals surface area contributed by atoms with E-state index in [4.69, 9.17) is 10.5 Å². The van der Waals surface area contributed by atoms with E-state index in [0.29, 0.717) is 32.7 Å². The summed E-state index contributed by atoms with van der Waals surface area (Å²) < 4.78 is 5.25. The average Bonchev–Trinajstić information content (AvgIpc) is 2.99. The lowest BCUT2D eigenvalue weighted by Crippen LogP contribution is -2.41. The fourth-order valence-corrected chi connectivity index (χ4v) is 2.87. The molecule has 7 heteroatoms. The Kier molecular flexibility index (Phi) is 3.50. The SMILES string of the molecule is NC(=O)c1cc2c([nH]c1=O)CCN(C(=O)C1CCOC1)C2. The van der Waals surface area contributed by atoms with E-state index in [0.717, 1.165) is 17.7 Å². The van der Waals surface area contributed by atoms with Crippen molar-refractivity contribution in [2.24, 2.45) is 11.7 Å². The summed E-state index contributed by atoms with van der Waals surface area (Å²) in [5.41, 5.74) is 6.21. The van der Waals surface area contributed by atoms with Crippen molar-refractivity contribution >= 4 is 11.8 Å². The van der Waals surface area contributed by atoms with E-state index in [1.54, 1.807) is 4.90 Å². The van der Waals surface area contributed by atoms with Crippen molar-refractivity contribution in [3.05, 3.63) is 33.2 Å². The molecule has 1 aromatic rings. The number of ether oxygens (including phenoxy) is 1. The second-order valence-electron chi connectivity index (χ2n) is 5.45. The topological polar surface area (TPSA) is 105 Å². The molecule has 3 N–H and O–H groups in total. The van der Waals surface area contributed by atoms with Crippen LogP contribution < -0.4 is 11.3 Å². The molecule has 1 unspecified atom stereocenters. The Labute approximate surface area is 121 Å². The van der Waals surface area contributed by atoms with Crippen molar-refractivity contribution in [3.63, 3.8) is 0 Å². The number of H-pyrrole nitrogens is 1. The number of carbonyl (C=O) groups excluding carboxylic acids is 2. The predicted octanol–water partition coefficient (Wildman–Crippen LogP) is -0.605. The van der Waals surface area contributed by atoms with Gasteiger partial charge in [0.05, 0.1) is 12.5 Å². The van der Waals surface area contributed by atoms with Crippen LogP contribution in [0.2, 0.25) is 0 Å². The smallest absolute Gasteiger partial charge is 0.261 e. The van der Waals surface area contributed by atoms with Gasteiger partial charge in [0.15, 0.2) is 0 Å². The molecule has 0 aromatic carbocycles. The Balaban J connectivity index is 1.84. The van der Waals surface area contributed by atoms with E-state index < -0.39 is 11.5 Å². The summed E-state index contributed by atoms with van der Waals surface area (Å²) >= 11 is 0. The standard InChI is InChI=1S/C14H17N3O4/c15-12(18)10-5-9-6-17(3-1-11(9)16-13(10)19)14(20)8-2-4-21-7-8/h5,8H,1-4,6-7H2,(H2,15,18)(H,16,19). The molecule has 21 heavy (non-hydrogen) atoms. The zero-order valence-electron chi connectivity index (χ0n) is 11.6. The maximum Gasteiger partial charge on any atom is 0.261 e. The number of fused-ring (bicyclic) bond motifs is 1. The Morgan fingerprint density at radius 2 is 2.24 bits per heavy atom. The van der Waals surface area contributed by atoms with Crippen molar-refractivity contribution in [2.75, 3.05) is 19.8 Å². The number of aromatic amines is 1. The molecule has 3 rings (SSSR count). The summed E-state index contributed by atoms with van der Waals surface area (Å²) in [4.78, 5) is 39.8. The first-order valence-corrected chi connectivity index (χ1v) is 6.97. The van der Waals surface area contributed by atoms with Gasteiger partial charge in [-0.2, -0.15) is 0 Å². The molecule has 7 nitrogen and oxygen atoms in total. The van der Waals surface area contributed by atoms with Gasteiger partial charge >= 0.3 is 0 Å². The number of pyridine rings is 1. The lowest BCUT2D eigenvalue weighted by Gasteiger charge is -2.30. The zero-order chi connectivity index (χ0) is 15.0. The van der Waals surface area contributed by atoms with Crippen LogP contribution in [0.3, 0.4) is 0 Å². The fourth-order valence-electron chi connectivity index (χ4n) is 2.87. The summed E-state index contributed by atoms with van der Waals surface area (Å²) in [5, 5.41) is 0. The van der Waals surface area contributed by atoms with Gasteiger partial charge < -0.3 is 20.4 Å². The summed E-state index contributed by atoms with van der Waals surface area (Å²) in [6.45, 7) is 2.05. The van der Waals surface area contributed by atoms with Gasteiger partial charge in [-0.25, -0.2) is 0 Å². The predicted molar refractivity (Wildman–Crippen MR) is 73.6 cm³/mol. The van der Waals surface area contributed by atoms with Crippen molar-refractivity contribution in [3.8, 4) is 0 Å². The zero-order valence-corrected chi connectivity index (χ0v) is 11.6. The lowest BCUT2D eigenvalue weighted by atomic mass is 10.0. The maximum absolute atomic E-state index is 12.4.